The molecule has 7 aromatic carbocycles. The zero-order valence-electron chi connectivity index (χ0n) is 51.8. The molecule has 95 heavy (non-hydrogen) atoms. The van der Waals surface area contributed by atoms with Crippen LogP contribution in [0.3, 0.4) is 0 Å². The topological polar surface area (TPSA) is 286 Å². The summed E-state index contributed by atoms with van der Waals surface area (Å²) >= 11 is 5.81. The molecule has 0 aliphatic carbocycles. The van der Waals surface area contributed by atoms with Crippen molar-refractivity contribution in [1.29, 1.82) is 21.0 Å². The minimum absolute atomic E-state index is 0.0305. The monoisotopic (exact) mass is 1310 g/mol. The summed E-state index contributed by atoms with van der Waals surface area (Å²) in [4.78, 5) is 67.6. The number of carbonyl (C=O) groups excluding carboxylic acids is 3. The summed E-state index contributed by atoms with van der Waals surface area (Å²) in [5.74, 6) is 1.08. The van der Waals surface area contributed by atoms with Gasteiger partial charge < -0.3 is 20.9 Å². The number of nitrogen functional groups attached to an aromatic ring is 1. The smallest absolute Gasteiger partial charge is 0.399 e. The number of ketones is 3. The van der Waals surface area contributed by atoms with Gasteiger partial charge in [0.25, 0.3) is 5.69 Å². The van der Waals surface area contributed by atoms with E-state index in [-0.39, 0.29) is 76.3 Å². The Balaban J connectivity index is 0.000000232. The maximum absolute atomic E-state index is 13.2. The van der Waals surface area contributed by atoms with E-state index >= 15 is 0 Å². The molecule has 9 aromatic rings. The fourth-order valence-electron chi connectivity index (χ4n) is 9.26. The molecule has 0 fully saturated rings. The lowest BCUT2D eigenvalue weighted by molar-refractivity contribution is -0.384. The number of nitro groups is 1. The molecule has 0 saturated heterocycles. The average molecular weight is 1310 g/mol. The molecule has 0 amide bonds. The van der Waals surface area contributed by atoms with Crippen molar-refractivity contribution < 1.29 is 45.6 Å². The van der Waals surface area contributed by atoms with Crippen molar-refractivity contribution in [1.82, 2.24) is 19.9 Å². The number of hydrogen-bond donors (Lipinski definition) is 2. The predicted octanol–water partition coefficient (Wildman–Crippen LogP) is 15.5. The molecule has 0 spiro atoms. The number of alkyl halides is 6. The SMILES string of the molecule is CCC(=O)c1cc(Nc2nccc(N(C)c3ccc(CC(=O)Cc4cc(C#N)cc(C(F)(F)F)c4)cc3)n2)ccc1C.CN(c1ccc(CC(=O)Cc2cc(C#N)cc(C(F)(F)F)c2)cc1)c1ccnc(Cl)n1.Cc1cc(C#N)cc([N+](=O)[O-])c1.Cc1cc(N)cc(C#N)c1. The van der Waals surface area contributed by atoms with Gasteiger partial charge in [-0.3, -0.25) is 24.5 Å². The standard InChI is InChI=1S/C32H28F3N5O2.C22H16ClF3N4O.C8H6N2O2.C8H8N2/c1-4-29(42)28-18-25(8-5-20(28)2)38-31-37-12-11-30(39-31)40(3)26-9-6-21(7-10-26)16-27(41)17-22-13-23(19-36)15-24(14-22)32(33,34)35;1-30(20-6-7-28-21(23)29-20)18-4-2-14(3-5-18)11-19(31)12-15-8-16(13-27)10-17(9-15)22(24,25)26;1-6-2-7(5-9)4-8(3-6)10(11)12;1-6-2-7(5-9)4-8(10)3-6/h5-15,18H,4,16-17H2,1-3H3,(H,37,38,39);2-10H,11-12H2,1H3;2-4H,1H3;2-4H,10H2,1H3. The highest BCUT2D eigenvalue weighted by atomic mass is 35.5. The summed E-state index contributed by atoms with van der Waals surface area (Å²) in [5, 5.41) is 48.6. The molecule has 0 radical (unpaired) electrons. The molecule has 2 heterocycles. The Kier molecular flexibility index (Phi) is 25.0. The Bertz CT molecular complexity index is 4440. The molecular formula is C70H58ClF6N13O5. The van der Waals surface area contributed by atoms with E-state index in [1.165, 1.54) is 24.3 Å². The number of non-ortho nitro benzene ring substituents is 1. The minimum atomic E-state index is -4.60. The van der Waals surface area contributed by atoms with Gasteiger partial charge in [0.2, 0.25) is 11.2 Å². The van der Waals surface area contributed by atoms with Crippen LogP contribution >= 0.6 is 11.6 Å². The third kappa shape index (κ3) is 21.9. The van der Waals surface area contributed by atoms with Gasteiger partial charge in [0, 0.05) is 99.0 Å². The summed E-state index contributed by atoms with van der Waals surface area (Å²) < 4.78 is 78.5. The lowest BCUT2D eigenvalue weighted by Gasteiger charge is -2.19. The van der Waals surface area contributed by atoms with Crippen molar-refractivity contribution in [2.75, 3.05) is 34.9 Å². The van der Waals surface area contributed by atoms with E-state index in [9.17, 15) is 50.8 Å². The first-order chi connectivity index (χ1) is 45.0. The first-order valence-electron chi connectivity index (χ1n) is 28.5. The second-order valence-corrected chi connectivity index (χ2v) is 21.7. The van der Waals surface area contributed by atoms with Crippen LogP contribution in [0.15, 0.2) is 164 Å². The summed E-state index contributed by atoms with van der Waals surface area (Å²) in [7, 11) is 3.63. The molecule has 0 bridgehead atoms. The number of carbonyl (C=O) groups is 3. The van der Waals surface area contributed by atoms with Crippen LogP contribution < -0.4 is 20.9 Å². The van der Waals surface area contributed by atoms with Crippen LogP contribution in [-0.4, -0.2) is 56.3 Å². The number of Topliss-reactive ketones (excluding diaryl/α,β-unsaturated/α-hetero) is 3. The van der Waals surface area contributed by atoms with E-state index in [0.717, 1.165) is 57.9 Å². The van der Waals surface area contributed by atoms with Crippen LogP contribution in [0.2, 0.25) is 5.28 Å². The molecule has 2 aromatic heterocycles. The summed E-state index contributed by atoms with van der Waals surface area (Å²) in [5.41, 5.74) is 12.2. The van der Waals surface area contributed by atoms with Crippen LogP contribution in [0, 0.1) is 76.2 Å². The lowest BCUT2D eigenvalue weighted by atomic mass is 9.99. The number of hydrogen-bond acceptors (Lipinski definition) is 17. The van der Waals surface area contributed by atoms with Gasteiger partial charge in [-0.15, -0.1) is 0 Å². The Hall–Kier alpha value is -11.9. The molecule has 9 rings (SSSR count). The lowest BCUT2D eigenvalue weighted by Crippen LogP contribution is -2.13. The van der Waals surface area contributed by atoms with E-state index in [1.54, 1.807) is 116 Å². The van der Waals surface area contributed by atoms with E-state index < -0.39 is 28.4 Å². The van der Waals surface area contributed by atoms with E-state index in [0.29, 0.717) is 57.6 Å². The number of aromatic nitrogens is 4. The molecule has 0 aliphatic rings. The molecule has 0 saturated carbocycles. The van der Waals surface area contributed by atoms with Gasteiger partial charge >= 0.3 is 12.4 Å². The minimum Gasteiger partial charge on any atom is -0.399 e. The fourth-order valence-corrected chi connectivity index (χ4v) is 9.40. The van der Waals surface area contributed by atoms with E-state index in [2.05, 4.69) is 25.3 Å². The molecule has 482 valence electrons. The van der Waals surface area contributed by atoms with Crippen molar-refractivity contribution in [3.05, 3.63) is 257 Å². The second kappa shape index (κ2) is 32.9. The highest BCUT2D eigenvalue weighted by Gasteiger charge is 2.32. The van der Waals surface area contributed by atoms with Gasteiger partial charge in [0.15, 0.2) is 5.78 Å². The maximum Gasteiger partial charge on any atom is 0.416 e. The van der Waals surface area contributed by atoms with Crippen LogP contribution in [0.25, 0.3) is 0 Å². The van der Waals surface area contributed by atoms with Crippen molar-refractivity contribution in [2.45, 2.75) is 72.2 Å². The Morgan fingerprint density at radius 1 is 0.568 bits per heavy atom. The zero-order chi connectivity index (χ0) is 69.7. The molecule has 0 unspecified atom stereocenters. The van der Waals surface area contributed by atoms with Crippen LogP contribution in [-0.2, 0) is 47.6 Å². The zero-order valence-corrected chi connectivity index (χ0v) is 52.6. The van der Waals surface area contributed by atoms with Gasteiger partial charge in [0.1, 0.15) is 23.2 Å². The number of anilines is 7. The molecule has 0 atom stereocenters. The number of nitriles is 4. The Morgan fingerprint density at radius 3 is 1.45 bits per heavy atom. The number of nitrogens with one attached hydrogen (secondary N) is 1. The van der Waals surface area contributed by atoms with Gasteiger partial charge in [0.05, 0.1) is 62.6 Å². The van der Waals surface area contributed by atoms with Crippen LogP contribution in [0.4, 0.5) is 72.4 Å². The Labute approximate surface area is 547 Å². The third-order valence-electron chi connectivity index (χ3n) is 13.8. The van der Waals surface area contributed by atoms with Gasteiger partial charge in [-0.25, -0.2) is 15.0 Å². The number of nitrogens with two attached hydrogens (primary N) is 1. The quantitative estimate of drug-likeness (QED) is 0.0214. The number of nitro benzene ring substituents is 1. The molecule has 3 N–H and O–H groups in total. The average Bonchev–Trinajstić information content (AvgIpc) is 0.907. The summed E-state index contributed by atoms with van der Waals surface area (Å²) in [6, 6.07) is 46.1. The molecule has 18 nitrogen and oxygen atoms in total. The molecule has 0 aliphatic heterocycles. The highest BCUT2D eigenvalue weighted by molar-refractivity contribution is 6.28. The molecule has 25 heteroatoms. The van der Waals surface area contributed by atoms with Crippen molar-refractivity contribution in [2.24, 2.45) is 0 Å². The van der Waals surface area contributed by atoms with Crippen LogP contribution in [0.1, 0.15) is 96.0 Å². The van der Waals surface area contributed by atoms with Gasteiger partial charge in [-0.1, -0.05) is 37.3 Å². The van der Waals surface area contributed by atoms with Crippen molar-refractivity contribution in [3.8, 4) is 24.3 Å². The maximum atomic E-state index is 13.2. The summed E-state index contributed by atoms with van der Waals surface area (Å²) in [6.45, 7) is 7.34. The van der Waals surface area contributed by atoms with Gasteiger partial charge in [-0.05, 0) is 181 Å². The van der Waals surface area contributed by atoms with Crippen molar-refractivity contribution in [3.63, 3.8) is 0 Å². The number of aryl methyl sites for hydroxylation is 3. The third-order valence-corrected chi connectivity index (χ3v) is 14.0. The number of halogens is 7. The Morgan fingerprint density at radius 2 is 1.01 bits per heavy atom. The first-order valence-corrected chi connectivity index (χ1v) is 28.9. The van der Waals surface area contributed by atoms with Crippen molar-refractivity contribution >= 4 is 75.0 Å². The van der Waals surface area contributed by atoms with Crippen LogP contribution in [0.5, 0.6) is 0 Å². The fraction of sp³-hybridized carbons (Fsp3) is 0.186. The largest absolute Gasteiger partial charge is 0.416 e. The predicted molar refractivity (Wildman–Crippen MR) is 347 cm³/mol. The number of rotatable bonds is 17. The summed E-state index contributed by atoms with van der Waals surface area (Å²) in [6.07, 6.45) is -5.94. The highest BCUT2D eigenvalue weighted by Crippen LogP contribution is 2.33. The van der Waals surface area contributed by atoms with E-state index in [4.69, 9.17) is 38.4 Å². The second-order valence-electron chi connectivity index (χ2n) is 21.3. The number of benzene rings is 7. The normalized spacial score (nSPS) is 10.6. The van der Waals surface area contributed by atoms with Gasteiger partial charge in [-0.2, -0.15) is 52.4 Å². The van der Waals surface area contributed by atoms with E-state index in [1.807, 2.05) is 75.2 Å². The molecular weight excluding hydrogens is 1250 g/mol. The number of nitrogens with zero attached hydrogens (tertiary/aromatic N) is 11. The first kappa shape index (κ1) is 72.2.